The maximum absolute atomic E-state index is 11.6. The first-order valence-corrected chi connectivity index (χ1v) is 8.81. The molecule has 3 heterocycles. The number of fused-ring (bicyclic) bond motifs is 1. The Hall–Kier alpha value is -0.950. The van der Waals surface area contributed by atoms with Crippen LogP contribution in [0, 0.1) is 0 Å². The standard InChI is InChI=1S/C12H20N4O2S/c17-19(18)7-3-4-10(9-19)13-8-12-15-14-11-5-1-2-6-16(11)12/h10,13H,1-9H2. The van der Waals surface area contributed by atoms with E-state index >= 15 is 0 Å². The van der Waals surface area contributed by atoms with Crippen LogP contribution in [-0.2, 0) is 29.3 Å². The fourth-order valence-electron chi connectivity index (χ4n) is 2.92. The zero-order valence-electron chi connectivity index (χ0n) is 11.0. The van der Waals surface area contributed by atoms with E-state index in [0.29, 0.717) is 12.3 Å². The molecular formula is C12H20N4O2S. The lowest BCUT2D eigenvalue weighted by Crippen LogP contribution is -2.40. The van der Waals surface area contributed by atoms with Crippen molar-refractivity contribution in [1.82, 2.24) is 20.1 Å². The van der Waals surface area contributed by atoms with E-state index < -0.39 is 9.84 Å². The van der Waals surface area contributed by atoms with Gasteiger partial charge in [-0.05, 0) is 25.7 Å². The lowest BCUT2D eigenvalue weighted by Gasteiger charge is -2.23. The van der Waals surface area contributed by atoms with E-state index in [4.69, 9.17) is 0 Å². The van der Waals surface area contributed by atoms with Gasteiger partial charge in [0, 0.05) is 19.0 Å². The molecule has 7 heteroatoms. The van der Waals surface area contributed by atoms with E-state index in [1.54, 1.807) is 0 Å². The summed E-state index contributed by atoms with van der Waals surface area (Å²) in [5, 5.41) is 11.8. The van der Waals surface area contributed by atoms with Gasteiger partial charge in [0.2, 0.25) is 0 Å². The minimum atomic E-state index is -2.85. The molecule has 0 bridgehead atoms. The SMILES string of the molecule is O=S1(=O)CCCC(NCc2nnc3n2CCCC3)C1. The fourth-order valence-corrected chi connectivity index (χ4v) is 4.59. The van der Waals surface area contributed by atoms with Gasteiger partial charge in [-0.3, -0.25) is 0 Å². The zero-order valence-corrected chi connectivity index (χ0v) is 11.8. The average Bonchev–Trinajstić information content (AvgIpc) is 2.78. The molecule has 1 atom stereocenters. The summed E-state index contributed by atoms with van der Waals surface area (Å²) < 4.78 is 25.3. The van der Waals surface area contributed by atoms with Crippen LogP contribution in [-0.4, -0.2) is 40.7 Å². The van der Waals surface area contributed by atoms with Crippen molar-refractivity contribution in [1.29, 1.82) is 0 Å². The number of hydrogen-bond donors (Lipinski definition) is 1. The number of hydrogen-bond acceptors (Lipinski definition) is 5. The van der Waals surface area contributed by atoms with Gasteiger partial charge in [-0.2, -0.15) is 0 Å². The second-order valence-electron chi connectivity index (χ2n) is 5.48. The predicted octanol–water partition coefficient (Wildman–Crippen LogP) is 0.281. The fraction of sp³-hybridized carbons (Fsp3) is 0.833. The molecule has 0 aliphatic carbocycles. The Labute approximate surface area is 113 Å². The molecule has 1 aromatic heterocycles. The maximum Gasteiger partial charge on any atom is 0.151 e. The highest BCUT2D eigenvalue weighted by Crippen LogP contribution is 2.15. The number of nitrogens with one attached hydrogen (secondary N) is 1. The van der Waals surface area contributed by atoms with Crippen LogP contribution in [0.5, 0.6) is 0 Å². The van der Waals surface area contributed by atoms with Gasteiger partial charge in [0.1, 0.15) is 11.6 Å². The molecule has 106 valence electrons. The highest BCUT2D eigenvalue weighted by Gasteiger charge is 2.25. The Morgan fingerprint density at radius 3 is 3.00 bits per heavy atom. The van der Waals surface area contributed by atoms with Crippen molar-refractivity contribution in [3.05, 3.63) is 11.6 Å². The Balaban J connectivity index is 1.62. The number of aryl methyl sites for hydroxylation is 1. The van der Waals surface area contributed by atoms with Gasteiger partial charge < -0.3 is 9.88 Å². The molecular weight excluding hydrogens is 264 g/mol. The van der Waals surface area contributed by atoms with Crippen molar-refractivity contribution in [3.8, 4) is 0 Å². The first-order chi connectivity index (χ1) is 9.14. The molecule has 1 N–H and O–H groups in total. The normalized spacial score (nSPS) is 26.0. The number of aromatic nitrogens is 3. The van der Waals surface area contributed by atoms with E-state index in [9.17, 15) is 8.42 Å². The van der Waals surface area contributed by atoms with E-state index in [0.717, 1.165) is 37.5 Å². The summed E-state index contributed by atoms with van der Waals surface area (Å²) in [6.45, 7) is 1.61. The third-order valence-electron chi connectivity index (χ3n) is 3.95. The zero-order chi connectivity index (χ0) is 13.3. The number of sulfone groups is 1. The van der Waals surface area contributed by atoms with Crippen LogP contribution in [0.1, 0.15) is 37.3 Å². The second-order valence-corrected chi connectivity index (χ2v) is 7.70. The van der Waals surface area contributed by atoms with E-state index in [-0.39, 0.29) is 11.8 Å². The number of rotatable bonds is 3. The van der Waals surface area contributed by atoms with Gasteiger partial charge in [-0.25, -0.2) is 8.42 Å². The van der Waals surface area contributed by atoms with E-state index in [1.807, 2.05) is 0 Å². The van der Waals surface area contributed by atoms with Gasteiger partial charge in [0.05, 0.1) is 18.1 Å². The molecule has 1 saturated heterocycles. The Morgan fingerprint density at radius 1 is 1.26 bits per heavy atom. The Bertz CT molecular complexity index is 552. The van der Waals surface area contributed by atoms with Gasteiger partial charge in [-0.1, -0.05) is 0 Å². The van der Waals surface area contributed by atoms with Crippen molar-refractivity contribution in [3.63, 3.8) is 0 Å². The highest BCUT2D eigenvalue weighted by molar-refractivity contribution is 7.91. The Morgan fingerprint density at radius 2 is 2.16 bits per heavy atom. The summed E-state index contributed by atoms with van der Waals surface area (Å²) in [6, 6.07) is 0.0651. The molecule has 0 aromatic carbocycles. The lowest BCUT2D eigenvalue weighted by atomic mass is 10.1. The summed E-state index contributed by atoms with van der Waals surface area (Å²) in [7, 11) is -2.85. The third-order valence-corrected chi connectivity index (χ3v) is 5.77. The van der Waals surface area contributed by atoms with Crippen molar-refractivity contribution in [2.24, 2.45) is 0 Å². The molecule has 6 nitrogen and oxygen atoms in total. The molecule has 0 amide bonds. The number of nitrogens with zero attached hydrogens (tertiary/aromatic N) is 3. The quantitative estimate of drug-likeness (QED) is 0.863. The minimum Gasteiger partial charge on any atom is -0.314 e. The van der Waals surface area contributed by atoms with Crippen molar-refractivity contribution < 1.29 is 8.42 Å². The van der Waals surface area contributed by atoms with Crippen LogP contribution in [0.25, 0.3) is 0 Å². The van der Waals surface area contributed by atoms with E-state index in [1.165, 1.54) is 12.8 Å². The van der Waals surface area contributed by atoms with Crippen LogP contribution < -0.4 is 5.32 Å². The van der Waals surface area contributed by atoms with Gasteiger partial charge in [0.25, 0.3) is 0 Å². The smallest absolute Gasteiger partial charge is 0.151 e. The molecule has 1 aromatic rings. The van der Waals surface area contributed by atoms with Crippen molar-refractivity contribution >= 4 is 9.84 Å². The largest absolute Gasteiger partial charge is 0.314 e. The summed E-state index contributed by atoms with van der Waals surface area (Å²) in [6.07, 6.45) is 5.06. The Kier molecular flexibility index (Phi) is 3.58. The first-order valence-electron chi connectivity index (χ1n) is 6.99. The molecule has 0 spiro atoms. The molecule has 2 aliphatic rings. The molecule has 0 saturated carbocycles. The molecule has 0 radical (unpaired) electrons. The molecule has 3 rings (SSSR count). The summed E-state index contributed by atoms with van der Waals surface area (Å²) in [5.74, 6) is 2.61. The summed E-state index contributed by atoms with van der Waals surface area (Å²) in [4.78, 5) is 0. The summed E-state index contributed by atoms with van der Waals surface area (Å²) in [5.41, 5.74) is 0. The van der Waals surface area contributed by atoms with Crippen LogP contribution in [0.2, 0.25) is 0 Å². The lowest BCUT2D eigenvalue weighted by molar-refractivity contribution is 0.453. The van der Waals surface area contributed by atoms with Crippen molar-refractivity contribution in [2.75, 3.05) is 11.5 Å². The predicted molar refractivity (Wildman–Crippen MR) is 71.5 cm³/mol. The van der Waals surface area contributed by atoms with Crippen LogP contribution >= 0.6 is 0 Å². The van der Waals surface area contributed by atoms with Crippen LogP contribution in [0.3, 0.4) is 0 Å². The molecule has 19 heavy (non-hydrogen) atoms. The maximum atomic E-state index is 11.6. The minimum absolute atomic E-state index is 0.0651. The average molecular weight is 284 g/mol. The molecule has 1 unspecified atom stereocenters. The van der Waals surface area contributed by atoms with Gasteiger partial charge in [0.15, 0.2) is 9.84 Å². The van der Waals surface area contributed by atoms with Gasteiger partial charge >= 0.3 is 0 Å². The molecule has 1 fully saturated rings. The third kappa shape index (κ3) is 2.97. The molecule has 2 aliphatic heterocycles. The highest BCUT2D eigenvalue weighted by atomic mass is 32.2. The monoisotopic (exact) mass is 284 g/mol. The first kappa shape index (κ1) is 13.1. The second kappa shape index (κ2) is 5.20. The van der Waals surface area contributed by atoms with E-state index in [2.05, 4.69) is 20.1 Å². The van der Waals surface area contributed by atoms with Crippen LogP contribution in [0.15, 0.2) is 0 Å². The van der Waals surface area contributed by atoms with Crippen LogP contribution in [0.4, 0.5) is 0 Å². The van der Waals surface area contributed by atoms with Gasteiger partial charge in [-0.15, -0.1) is 10.2 Å². The summed E-state index contributed by atoms with van der Waals surface area (Å²) >= 11 is 0. The van der Waals surface area contributed by atoms with Crippen molar-refractivity contribution in [2.45, 2.75) is 51.2 Å². The topological polar surface area (TPSA) is 76.9 Å².